The van der Waals surface area contributed by atoms with Gasteiger partial charge in [0.25, 0.3) is 0 Å². The van der Waals surface area contributed by atoms with E-state index < -0.39 is 0 Å². The second-order valence-electron chi connectivity index (χ2n) is 12.6. The van der Waals surface area contributed by atoms with Gasteiger partial charge in [-0.1, -0.05) is 121 Å². The van der Waals surface area contributed by atoms with Crippen LogP contribution in [0.25, 0.3) is 73.4 Å². The summed E-state index contributed by atoms with van der Waals surface area (Å²) in [4.78, 5) is 2.41. The smallest absolute Gasteiger partial charge is 0.0476 e. The zero-order valence-electron chi connectivity index (χ0n) is 26.5. The van der Waals surface area contributed by atoms with Crippen molar-refractivity contribution in [3.63, 3.8) is 0 Å². The molecule has 2 heterocycles. The summed E-state index contributed by atoms with van der Waals surface area (Å²) in [5.74, 6) is 0. The molecule has 0 aliphatic heterocycles. The Bertz CT molecular complexity index is 2830. The van der Waals surface area contributed by atoms with Crippen LogP contribution in [0.2, 0.25) is 0 Å². The van der Waals surface area contributed by atoms with Crippen molar-refractivity contribution in [2.75, 3.05) is 4.90 Å². The van der Waals surface area contributed by atoms with E-state index in [0.717, 1.165) is 17.1 Å². The maximum Gasteiger partial charge on any atom is 0.0476 e. The molecule has 0 amide bonds. The lowest BCUT2D eigenvalue weighted by atomic mass is 10.0. The molecule has 0 saturated carbocycles. The summed E-state index contributed by atoms with van der Waals surface area (Å²) in [5.41, 5.74) is 8.33. The Hall–Kier alpha value is -5.74. The molecule has 3 heteroatoms. The molecule has 10 rings (SSSR count). The molecule has 0 aliphatic carbocycles. The number of benzene rings is 8. The van der Waals surface area contributed by atoms with E-state index in [1.807, 2.05) is 22.7 Å². The molecule has 0 fully saturated rings. The summed E-state index contributed by atoms with van der Waals surface area (Å²) in [6.45, 7) is 0. The van der Waals surface area contributed by atoms with Crippen molar-refractivity contribution in [1.82, 2.24) is 0 Å². The van der Waals surface area contributed by atoms with Crippen LogP contribution < -0.4 is 4.90 Å². The van der Waals surface area contributed by atoms with Gasteiger partial charge in [0.2, 0.25) is 0 Å². The number of anilines is 3. The average Bonchev–Trinajstić information content (AvgIpc) is 3.72. The molecule has 0 bridgehead atoms. The van der Waals surface area contributed by atoms with Crippen molar-refractivity contribution in [1.29, 1.82) is 0 Å². The second kappa shape index (κ2) is 11.5. The fraction of sp³-hybridized carbons (Fsp3) is 0. The van der Waals surface area contributed by atoms with Gasteiger partial charge in [0.05, 0.1) is 0 Å². The first-order valence-electron chi connectivity index (χ1n) is 16.6. The minimum Gasteiger partial charge on any atom is -0.310 e. The Labute approximate surface area is 292 Å². The van der Waals surface area contributed by atoms with E-state index in [1.165, 1.54) is 73.4 Å². The first-order valence-corrected chi connectivity index (χ1v) is 18.2. The van der Waals surface area contributed by atoms with Gasteiger partial charge in [0.1, 0.15) is 0 Å². The van der Waals surface area contributed by atoms with Gasteiger partial charge in [0, 0.05) is 57.4 Å². The zero-order valence-corrected chi connectivity index (χ0v) is 28.1. The van der Waals surface area contributed by atoms with Crippen LogP contribution in [0.3, 0.4) is 0 Å². The van der Waals surface area contributed by atoms with Crippen molar-refractivity contribution in [3.8, 4) is 22.3 Å². The minimum absolute atomic E-state index is 1.13. The van der Waals surface area contributed by atoms with Gasteiger partial charge in [-0.05, 0) is 87.6 Å². The van der Waals surface area contributed by atoms with E-state index in [0.29, 0.717) is 0 Å². The molecule has 230 valence electrons. The molecule has 0 radical (unpaired) electrons. The first kappa shape index (κ1) is 28.3. The molecule has 8 aromatic carbocycles. The van der Waals surface area contributed by atoms with Crippen LogP contribution in [0, 0.1) is 0 Å². The molecule has 2 aromatic heterocycles. The summed E-state index contributed by atoms with van der Waals surface area (Å²) < 4.78 is 5.27. The molecule has 0 N–H and O–H groups in total. The molecule has 0 saturated heterocycles. The van der Waals surface area contributed by atoms with Crippen molar-refractivity contribution in [3.05, 3.63) is 176 Å². The van der Waals surface area contributed by atoms with E-state index in [4.69, 9.17) is 0 Å². The molecule has 0 aliphatic rings. The van der Waals surface area contributed by atoms with Crippen LogP contribution in [0.4, 0.5) is 17.1 Å². The monoisotopic (exact) mass is 659 g/mol. The fourth-order valence-corrected chi connectivity index (χ4v) is 9.67. The Balaban J connectivity index is 1.14. The molecule has 0 unspecified atom stereocenters. The zero-order chi connectivity index (χ0) is 32.3. The van der Waals surface area contributed by atoms with Crippen molar-refractivity contribution in [2.24, 2.45) is 0 Å². The first-order chi connectivity index (χ1) is 24.3. The number of hydrogen-bond acceptors (Lipinski definition) is 3. The van der Waals surface area contributed by atoms with Crippen molar-refractivity contribution < 1.29 is 0 Å². The molecular formula is C46H29NS2. The average molecular weight is 660 g/mol. The summed E-state index contributed by atoms with van der Waals surface area (Å²) >= 11 is 3.76. The highest BCUT2D eigenvalue weighted by Gasteiger charge is 2.17. The normalized spacial score (nSPS) is 11.7. The van der Waals surface area contributed by atoms with E-state index >= 15 is 0 Å². The maximum atomic E-state index is 2.41. The molecule has 1 nitrogen and oxygen atoms in total. The standard InChI is InChI=1S/C46H29NS2/c1-2-10-30(11-3-1)31-20-22-35(23-21-31)47(37-24-25-40-42-27-32-12-4-5-13-33(32)28-44(42)48-45(40)29-37)36-15-8-14-34(26-36)38-17-9-18-41-39-16-6-7-19-43(39)49-46(38)41/h1-29H. The number of thiophene rings is 2. The number of rotatable bonds is 5. The van der Waals surface area contributed by atoms with Gasteiger partial charge >= 0.3 is 0 Å². The van der Waals surface area contributed by atoms with Crippen molar-refractivity contribution in [2.45, 2.75) is 0 Å². The highest BCUT2D eigenvalue weighted by molar-refractivity contribution is 7.26. The third-order valence-electron chi connectivity index (χ3n) is 9.63. The van der Waals surface area contributed by atoms with Crippen LogP contribution in [0.1, 0.15) is 0 Å². The fourth-order valence-electron chi connectivity index (χ4n) is 7.26. The highest BCUT2D eigenvalue weighted by atomic mass is 32.1. The highest BCUT2D eigenvalue weighted by Crippen LogP contribution is 2.44. The van der Waals surface area contributed by atoms with Gasteiger partial charge in [-0.15, -0.1) is 22.7 Å². The third kappa shape index (κ3) is 4.82. The number of hydrogen-bond donors (Lipinski definition) is 0. The topological polar surface area (TPSA) is 3.24 Å². The summed E-state index contributed by atoms with van der Waals surface area (Å²) in [7, 11) is 0. The Morgan fingerprint density at radius 3 is 1.84 bits per heavy atom. The van der Waals surface area contributed by atoms with Crippen LogP contribution in [-0.2, 0) is 0 Å². The SMILES string of the molecule is c1ccc(-c2ccc(N(c3cccc(-c4cccc5c4sc4ccccc45)c3)c3ccc4c(c3)sc3cc5ccccc5cc34)cc2)cc1. The third-order valence-corrected chi connectivity index (χ3v) is 12.0. The quantitative estimate of drug-likeness (QED) is 0.178. The largest absolute Gasteiger partial charge is 0.310 e. The maximum absolute atomic E-state index is 2.41. The Kier molecular flexibility index (Phi) is 6.61. The Morgan fingerprint density at radius 1 is 0.327 bits per heavy atom. The number of fused-ring (bicyclic) bond motifs is 7. The molecule has 10 aromatic rings. The van der Waals surface area contributed by atoms with Gasteiger partial charge in [0.15, 0.2) is 0 Å². The lowest BCUT2D eigenvalue weighted by Crippen LogP contribution is -2.09. The summed E-state index contributed by atoms with van der Waals surface area (Å²) in [5, 5.41) is 7.84. The molecule has 0 atom stereocenters. The number of nitrogens with zero attached hydrogens (tertiary/aromatic N) is 1. The lowest BCUT2D eigenvalue weighted by Gasteiger charge is -2.26. The van der Waals surface area contributed by atoms with Gasteiger partial charge < -0.3 is 4.90 Å². The minimum atomic E-state index is 1.13. The van der Waals surface area contributed by atoms with Gasteiger partial charge in [-0.2, -0.15) is 0 Å². The molecule has 0 spiro atoms. The molecule has 49 heavy (non-hydrogen) atoms. The summed E-state index contributed by atoms with van der Waals surface area (Å²) in [6, 6.07) is 64.4. The second-order valence-corrected chi connectivity index (χ2v) is 14.7. The molecular weight excluding hydrogens is 631 g/mol. The van der Waals surface area contributed by atoms with Crippen molar-refractivity contribution >= 4 is 90.9 Å². The predicted molar refractivity (Wildman–Crippen MR) is 215 cm³/mol. The predicted octanol–water partition coefficient (Wildman–Crippen LogP) is 14.4. The van der Waals surface area contributed by atoms with E-state index in [1.54, 1.807) is 0 Å². The van der Waals surface area contributed by atoms with Crippen LogP contribution in [0.15, 0.2) is 176 Å². The van der Waals surface area contributed by atoms with Crippen LogP contribution >= 0.6 is 22.7 Å². The van der Waals surface area contributed by atoms with E-state index in [9.17, 15) is 0 Å². The van der Waals surface area contributed by atoms with Gasteiger partial charge in [-0.25, -0.2) is 0 Å². The lowest BCUT2D eigenvalue weighted by molar-refractivity contribution is 1.29. The van der Waals surface area contributed by atoms with E-state index in [-0.39, 0.29) is 0 Å². The van der Waals surface area contributed by atoms with Gasteiger partial charge in [-0.3, -0.25) is 0 Å². The Morgan fingerprint density at radius 2 is 0.959 bits per heavy atom. The van der Waals surface area contributed by atoms with E-state index in [2.05, 4.69) is 181 Å². The van der Waals surface area contributed by atoms with Crippen LogP contribution in [-0.4, -0.2) is 0 Å². The van der Waals surface area contributed by atoms with Crippen LogP contribution in [0.5, 0.6) is 0 Å². The summed E-state index contributed by atoms with van der Waals surface area (Å²) in [6.07, 6.45) is 0.